The van der Waals surface area contributed by atoms with Crippen LogP contribution < -0.4 is 10.6 Å². The van der Waals surface area contributed by atoms with Crippen LogP contribution in [0, 0.1) is 0 Å². The van der Waals surface area contributed by atoms with Gasteiger partial charge in [-0.3, -0.25) is 14.5 Å². The van der Waals surface area contributed by atoms with Crippen LogP contribution in [-0.4, -0.2) is 54.1 Å². The first kappa shape index (κ1) is 16.5. The van der Waals surface area contributed by atoms with E-state index < -0.39 is 11.8 Å². The highest BCUT2D eigenvalue weighted by Gasteiger charge is 2.23. The van der Waals surface area contributed by atoms with Gasteiger partial charge in [0, 0.05) is 32.2 Å². The van der Waals surface area contributed by atoms with Gasteiger partial charge in [0.2, 0.25) is 0 Å². The molecule has 0 saturated carbocycles. The van der Waals surface area contributed by atoms with Gasteiger partial charge < -0.3 is 15.7 Å². The quantitative estimate of drug-likeness (QED) is 0.662. The first-order valence-corrected chi connectivity index (χ1v) is 7.65. The summed E-state index contributed by atoms with van der Waals surface area (Å²) >= 11 is 0. The highest BCUT2D eigenvalue weighted by Crippen LogP contribution is 2.13. The second-order valence-corrected chi connectivity index (χ2v) is 5.49. The lowest BCUT2D eigenvalue weighted by molar-refractivity contribution is -0.139. The summed E-state index contributed by atoms with van der Waals surface area (Å²) in [5.74, 6) is -1.30. The number of likely N-dealkylation sites (tertiary alicyclic amines) is 1. The van der Waals surface area contributed by atoms with E-state index in [1.54, 1.807) is 0 Å². The molecule has 120 valence electrons. The Balaban J connectivity index is 1.71. The normalized spacial score (nSPS) is 16.2. The number of piperidine rings is 1. The number of nitrogens with one attached hydrogen (secondary N) is 2. The van der Waals surface area contributed by atoms with Gasteiger partial charge in [0.05, 0.1) is 6.61 Å². The zero-order valence-corrected chi connectivity index (χ0v) is 12.6. The molecule has 1 saturated heterocycles. The van der Waals surface area contributed by atoms with Crippen molar-refractivity contribution in [3.8, 4) is 0 Å². The molecule has 2 amide bonds. The molecule has 1 aliphatic rings. The van der Waals surface area contributed by atoms with Crippen molar-refractivity contribution in [2.75, 3.05) is 26.2 Å². The van der Waals surface area contributed by atoms with Crippen molar-refractivity contribution < 1.29 is 14.7 Å². The minimum Gasteiger partial charge on any atom is -0.395 e. The Bertz CT molecular complexity index is 485. The number of rotatable bonds is 5. The molecule has 2 rings (SSSR count). The van der Waals surface area contributed by atoms with E-state index in [-0.39, 0.29) is 19.2 Å². The van der Waals surface area contributed by atoms with E-state index in [1.807, 2.05) is 18.2 Å². The van der Waals surface area contributed by atoms with Crippen LogP contribution in [0.4, 0.5) is 0 Å². The maximum atomic E-state index is 11.7. The molecule has 3 N–H and O–H groups in total. The topological polar surface area (TPSA) is 81.7 Å². The van der Waals surface area contributed by atoms with Crippen molar-refractivity contribution in [1.82, 2.24) is 15.5 Å². The Kier molecular flexibility index (Phi) is 6.36. The van der Waals surface area contributed by atoms with Crippen molar-refractivity contribution in [2.45, 2.75) is 25.4 Å². The zero-order chi connectivity index (χ0) is 15.8. The van der Waals surface area contributed by atoms with Gasteiger partial charge in [-0.25, -0.2) is 0 Å². The van der Waals surface area contributed by atoms with Gasteiger partial charge in [-0.15, -0.1) is 0 Å². The standard InChI is InChI=1S/C16H23N3O3/c20-11-8-17-15(21)16(22)18-14-6-9-19(10-7-14)12-13-4-2-1-3-5-13/h1-5,14,20H,6-12H2,(H,17,21)(H,18,22). The lowest BCUT2D eigenvalue weighted by atomic mass is 10.0. The molecule has 6 heteroatoms. The van der Waals surface area contributed by atoms with E-state index in [1.165, 1.54) is 5.56 Å². The number of nitrogens with zero attached hydrogens (tertiary/aromatic N) is 1. The molecule has 0 aromatic heterocycles. The minimum absolute atomic E-state index is 0.0411. The van der Waals surface area contributed by atoms with E-state index in [2.05, 4.69) is 27.7 Å². The van der Waals surface area contributed by atoms with Gasteiger partial charge in [0.15, 0.2) is 0 Å². The molecule has 1 aliphatic heterocycles. The largest absolute Gasteiger partial charge is 0.395 e. The molecule has 0 radical (unpaired) electrons. The van der Waals surface area contributed by atoms with Crippen LogP contribution in [0.2, 0.25) is 0 Å². The molecule has 1 heterocycles. The predicted octanol–water partition coefficient (Wildman–Crippen LogP) is -0.124. The van der Waals surface area contributed by atoms with Crippen molar-refractivity contribution in [3.63, 3.8) is 0 Å². The van der Waals surface area contributed by atoms with Gasteiger partial charge in [-0.2, -0.15) is 0 Å². The molecule has 1 aromatic rings. The third-order valence-corrected chi connectivity index (χ3v) is 3.78. The van der Waals surface area contributed by atoms with E-state index in [4.69, 9.17) is 5.11 Å². The fourth-order valence-corrected chi connectivity index (χ4v) is 2.58. The van der Waals surface area contributed by atoms with Crippen LogP contribution >= 0.6 is 0 Å². The van der Waals surface area contributed by atoms with Crippen LogP contribution in [0.3, 0.4) is 0 Å². The molecule has 0 aliphatic carbocycles. The number of hydrogen-bond acceptors (Lipinski definition) is 4. The highest BCUT2D eigenvalue weighted by atomic mass is 16.3. The molecular weight excluding hydrogens is 282 g/mol. The average molecular weight is 305 g/mol. The monoisotopic (exact) mass is 305 g/mol. The summed E-state index contributed by atoms with van der Waals surface area (Å²) in [6.07, 6.45) is 1.68. The van der Waals surface area contributed by atoms with Gasteiger partial charge in [-0.05, 0) is 18.4 Å². The number of amides is 2. The lowest BCUT2D eigenvalue weighted by Gasteiger charge is -2.32. The molecule has 0 bridgehead atoms. The third kappa shape index (κ3) is 5.13. The summed E-state index contributed by atoms with van der Waals surface area (Å²) in [4.78, 5) is 25.5. The average Bonchev–Trinajstić information content (AvgIpc) is 2.55. The summed E-state index contributed by atoms with van der Waals surface area (Å²) in [6.45, 7) is 2.65. The smallest absolute Gasteiger partial charge is 0.309 e. The minimum atomic E-state index is -0.680. The highest BCUT2D eigenvalue weighted by molar-refractivity contribution is 6.35. The van der Waals surface area contributed by atoms with E-state index in [9.17, 15) is 9.59 Å². The van der Waals surface area contributed by atoms with Crippen molar-refractivity contribution in [3.05, 3.63) is 35.9 Å². The van der Waals surface area contributed by atoms with Crippen LogP contribution in [-0.2, 0) is 16.1 Å². The molecule has 22 heavy (non-hydrogen) atoms. The van der Waals surface area contributed by atoms with Crippen molar-refractivity contribution in [2.24, 2.45) is 0 Å². The van der Waals surface area contributed by atoms with Gasteiger partial charge in [-0.1, -0.05) is 30.3 Å². The van der Waals surface area contributed by atoms with Crippen LogP contribution in [0.5, 0.6) is 0 Å². The molecule has 0 atom stereocenters. The molecule has 0 unspecified atom stereocenters. The van der Waals surface area contributed by atoms with Crippen molar-refractivity contribution >= 4 is 11.8 Å². The number of aliphatic hydroxyl groups is 1. The SMILES string of the molecule is O=C(NCCO)C(=O)NC1CCN(Cc2ccccc2)CC1. The number of hydrogen-bond donors (Lipinski definition) is 3. The maximum Gasteiger partial charge on any atom is 0.309 e. The molecular formula is C16H23N3O3. The fourth-order valence-electron chi connectivity index (χ4n) is 2.58. The summed E-state index contributed by atoms with van der Waals surface area (Å²) in [5.41, 5.74) is 1.29. The third-order valence-electron chi connectivity index (χ3n) is 3.78. The Labute approximate surface area is 130 Å². The van der Waals surface area contributed by atoms with Gasteiger partial charge in [0.25, 0.3) is 0 Å². The van der Waals surface area contributed by atoms with E-state index in [0.717, 1.165) is 32.5 Å². The second kappa shape index (κ2) is 8.51. The summed E-state index contributed by atoms with van der Waals surface area (Å²) < 4.78 is 0. The summed E-state index contributed by atoms with van der Waals surface area (Å²) in [5, 5.41) is 13.7. The fraction of sp³-hybridized carbons (Fsp3) is 0.500. The summed E-state index contributed by atoms with van der Waals surface area (Å²) in [6, 6.07) is 10.3. The van der Waals surface area contributed by atoms with Gasteiger partial charge in [0.1, 0.15) is 0 Å². The number of benzene rings is 1. The number of aliphatic hydroxyl groups excluding tert-OH is 1. The van der Waals surface area contributed by atoms with Crippen LogP contribution in [0.25, 0.3) is 0 Å². The Hall–Kier alpha value is -1.92. The Morgan fingerprint density at radius 2 is 1.82 bits per heavy atom. The molecule has 1 aromatic carbocycles. The van der Waals surface area contributed by atoms with Gasteiger partial charge >= 0.3 is 11.8 Å². The van der Waals surface area contributed by atoms with Crippen LogP contribution in [0.1, 0.15) is 18.4 Å². The van der Waals surface area contributed by atoms with Crippen LogP contribution in [0.15, 0.2) is 30.3 Å². The van der Waals surface area contributed by atoms with E-state index >= 15 is 0 Å². The molecule has 6 nitrogen and oxygen atoms in total. The van der Waals surface area contributed by atoms with E-state index in [0.29, 0.717) is 0 Å². The molecule has 0 spiro atoms. The van der Waals surface area contributed by atoms with Crippen molar-refractivity contribution in [1.29, 1.82) is 0 Å². The maximum absolute atomic E-state index is 11.7. The number of carbonyl (C=O) groups excluding carboxylic acids is 2. The second-order valence-electron chi connectivity index (χ2n) is 5.49. The first-order valence-electron chi connectivity index (χ1n) is 7.65. The predicted molar refractivity (Wildman–Crippen MR) is 83.0 cm³/mol. The Morgan fingerprint density at radius 1 is 1.14 bits per heavy atom. The molecule has 1 fully saturated rings. The summed E-state index contributed by atoms with van der Waals surface area (Å²) in [7, 11) is 0. The zero-order valence-electron chi connectivity index (χ0n) is 12.6. The first-order chi connectivity index (χ1) is 10.7. The Morgan fingerprint density at radius 3 is 2.45 bits per heavy atom. The lowest BCUT2D eigenvalue weighted by Crippen LogP contribution is -2.49. The number of carbonyl (C=O) groups is 2.